The summed E-state index contributed by atoms with van der Waals surface area (Å²) >= 11 is 0. The van der Waals surface area contributed by atoms with Crippen molar-refractivity contribution in [3.8, 4) is 0 Å². The maximum Gasteiger partial charge on any atom is 0.223 e. The Hall–Kier alpha value is -1.35. The van der Waals surface area contributed by atoms with Gasteiger partial charge in [-0.05, 0) is 54.8 Å². The molecule has 0 radical (unpaired) electrons. The monoisotopic (exact) mass is 270 g/mol. The van der Waals surface area contributed by atoms with Gasteiger partial charge in [0, 0.05) is 13.5 Å². The number of fused-ring (bicyclic) bond motifs is 4. The minimum Gasteiger partial charge on any atom is -0.338 e. The minimum absolute atomic E-state index is 0.314. The zero-order chi connectivity index (χ0) is 13.7. The van der Waals surface area contributed by atoms with Gasteiger partial charge in [0.25, 0.3) is 0 Å². The van der Waals surface area contributed by atoms with E-state index in [1.165, 1.54) is 30.4 Å². The van der Waals surface area contributed by atoms with Crippen molar-refractivity contribution in [3.05, 3.63) is 35.4 Å². The van der Waals surface area contributed by atoms with Crippen molar-refractivity contribution in [2.24, 2.45) is 5.92 Å². The lowest BCUT2D eigenvalue weighted by atomic mass is 9.60. The highest BCUT2D eigenvalue weighted by atomic mass is 16.2. The fraction of sp³-hybridized carbons (Fsp3) is 0.588. The molecule has 1 spiro atoms. The van der Waals surface area contributed by atoms with E-state index in [-0.39, 0.29) is 0 Å². The van der Waals surface area contributed by atoms with Crippen molar-refractivity contribution < 1.29 is 4.79 Å². The van der Waals surface area contributed by atoms with Gasteiger partial charge in [0.1, 0.15) is 0 Å². The number of nitrogens with zero attached hydrogens (tertiary/aromatic N) is 1. The van der Waals surface area contributed by atoms with Crippen molar-refractivity contribution >= 4 is 5.91 Å². The molecule has 106 valence electrons. The Balaban J connectivity index is 1.85. The third-order valence-corrected chi connectivity index (χ3v) is 5.76. The van der Waals surface area contributed by atoms with E-state index in [9.17, 15) is 4.79 Å². The molecule has 1 aliphatic carbocycles. The first-order valence-electron chi connectivity index (χ1n) is 7.77. The molecule has 0 unspecified atom stereocenters. The molecular formula is C17H22N2O. The molecule has 2 aliphatic heterocycles. The highest BCUT2D eigenvalue weighted by molar-refractivity contribution is 5.80. The van der Waals surface area contributed by atoms with Gasteiger partial charge >= 0.3 is 0 Å². The Bertz CT molecular complexity index is 548. The van der Waals surface area contributed by atoms with E-state index in [1.807, 2.05) is 11.9 Å². The second-order valence-corrected chi connectivity index (χ2v) is 6.74. The van der Waals surface area contributed by atoms with E-state index < -0.39 is 0 Å². The number of benzene rings is 1. The van der Waals surface area contributed by atoms with Gasteiger partial charge < -0.3 is 10.2 Å². The molecule has 1 N–H and O–H groups in total. The lowest BCUT2D eigenvalue weighted by Gasteiger charge is -2.47. The number of hydrogen-bond acceptors (Lipinski definition) is 2. The van der Waals surface area contributed by atoms with Crippen LogP contribution in [0.4, 0.5) is 0 Å². The van der Waals surface area contributed by atoms with Gasteiger partial charge in [-0.15, -0.1) is 0 Å². The molecule has 0 aromatic heterocycles. The average Bonchev–Trinajstić information content (AvgIpc) is 2.75. The summed E-state index contributed by atoms with van der Waals surface area (Å²) in [6.45, 7) is 2.21. The van der Waals surface area contributed by atoms with Crippen LogP contribution in [0.3, 0.4) is 0 Å². The van der Waals surface area contributed by atoms with Crippen molar-refractivity contribution in [1.29, 1.82) is 0 Å². The summed E-state index contributed by atoms with van der Waals surface area (Å²) in [5.74, 6) is 0.835. The first kappa shape index (κ1) is 12.4. The number of nitrogens with one attached hydrogen (secondary N) is 1. The second kappa shape index (κ2) is 4.32. The molecule has 20 heavy (non-hydrogen) atoms. The predicted octanol–water partition coefficient (Wildman–Crippen LogP) is 2.23. The fourth-order valence-electron chi connectivity index (χ4n) is 4.83. The molecule has 0 bridgehead atoms. The fourth-order valence-corrected chi connectivity index (χ4v) is 4.83. The van der Waals surface area contributed by atoms with Crippen LogP contribution in [-0.4, -0.2) is 30.9 Å². The van der Waals surface area contributed by atoms with Gasteiger partial charge in [0.15, 0.2) is 0 Å². The van der Waals surface area contributed by atoms with Crippen LogP contribution in [-0.2, 0) is 10.2 Å². The summed E-state index contributed by atoms with van der Waals surface area (Å²) in [5, 5.41) is 3.49. The van der Waals surface area contributed by atoms with E-state index in [2.05, 4.69) is 29.6 Å². The maximum atomic E-state index is 12.1. The van der Waals surface area contributed by atoms with E-state index in [1.54, 1.807) is 0 Å². The lowest BCUT2D eigenvalue weighted by molar-refractivity contribution is -0.127. The van der Waals surface area contributed by atoms with Crippen LogP contribution in [0.1, 0.15) is 42.9 Å². The van der Waals surface area contributed by atoms with Crippen molar-refractivity contribution in [2.75, 3.05) is 20.1 Å². The molecule has 3 nitrogen and oxygen atoms in total. The van der Waals surface area contributed by atoms with Gasteiger partial charge in [0.05, 0.1) is 6.04 Å². The number of amides is 1. The molecule has 1 amide bonds. The quantitative estimate of drug-likeness (QED) is 0.784. The van der Waals surface area contributed by atoms with Crippen LogP contribution in [0.15, 0.2) is 24.3 Å². The predicted molar refractivity (Wildman–Crippen MR) is 78.5 cm³/mol. The Morgan fingerprint density at radius 2 is 2.00 bits per heavy atom. The number of likely N-dealkylation sites (tertiary alicyclic amines) is 1. The third kappa shape index (κ3) is 1.59. The van der Waals surface area contributed by atoms with Crippen molar-refractivity contribution in [2.45, 2.75) is 37.1 Å². The van der Waals surface area contributed by atoms with E-state index in [0.29, 0.717) is 23.3 Å². The van der Waals surface area contributed by atoms with Crippen LogP contribution < -0.4 is 5.32 Å². The highest BCUT2D eigenvalue weighted by Gasteiger charge is 2.50. The summed E-state index contributed by atoms with van der Waals surface area (Å²) in [6.07, 6.45) is 4.35. The smallest absolute Gasteiger partial charge is 0.223 e. The Labute approximate surface area is 120 Å². The van der Waals surface area contributed by atoms with Crippen molar-refractivity contribution in [3.63, 3.8) is 0 Å². The number of carbonyl (C=O) groups is 1. The van der Waals surface area contributed by atoms with Crippen LogP contribution in [0.2, 0.25) is 0 Å². The summed E-state index contributed by atoms with van der Waals surface area (Å²) in [6, 6.07) is 9.18. The van der Waals surface area contributed by atoms with Gasteiger partial charge in [0.2, 0.25) is 5.91 Å². The number of piperidine rings is 1. The molecule has 2 saturated heterocycles. The summed E-state index contributed by atoms with van der Waals surface area (Å²) in [7, 11) is 1.98. The van der Waals surface area contributed by atoms with E-state index in [4.69, 9.17) is 0 Å². The normalized spacial score (nSPS) is 31.2. The standard InChI is InChI=1S/C17H22N2O/c1-19-15(20)10-12-11-17(6-8-18-9-7-17)14-5-3-2-4-13(14)16(12)19/h2-5,12,16,18H,6-11H2,1H3/t12-,16-/m0/s1. The second-order valence-electron chi connectivity index (χ2n) is 6.74. The third-order valence-electron chi connectivity index (χ3n) is 5.76. The number of carbonyl (C=O) groups excluding carboxylic acids is 1. The number of hydrogen-bond donors (Lipinski definition) is 1. The summed E-state index contributed by atoms with van der Waals surface area (Å²) in [5.41, 5.74) is 3.25. The Morgan fingerprint density at radius 3 is 2.80 bits per heavy atom. The first-order chi connectivity index (χ1) is 9.71. The largest absolute Gasteiger partial charge is 0.338 e. The van der Waals surface area contributed by atoms with E-state index in [0.717, 1.165) is 19.5 Å². The van der Waals surface area contributed by atoms with Crippen molar-refractivity contribution in [1.82, 2.24) is 10.2 Å². The first-order valence-corrected chi connectivity index (χ1v) is 7.77. The minimum atomic E-state index is 0.314. The molecule has 3 aliphatic rings. The Morgan fingerprint density at radius 1 is 1.25 bits per heavy atom. The van der Waals surface area contributed by atoms with Gasteiger partial charge in [-0.2, -0.15) is 0 Å². The molecule has 4 rings (SSSR count). The van der Waals surface area contributed by atoms with E-state index >= 15 is 0 Å². The SMILES string of the molecule is CN1C(=O)C[C@H]2CC3(CCNCC3)c3ccccc3[C@H]21. The topological polar surface area (TPSA) is 32.3 Å². The average molecular weight is 270 g/mol. The molecule has 2 fully saturated rings. The van der Waals surface area contributed by atoms with Gasteiger partial charge in [-0.3, -0.25) is 4.79 Å². The lowest BCUT2D eigenvalue weighted by Crippen LogP contribution is -2.45. The van der Waals surface area contributed by atoms with Gasteiger partial charge in [-0.1, -0.05) is 24.3 Å². The van der Waals surface area contributed by atoms with Crippen LogP contribution in [0, 0.1) is 5.92 Å². The molecule has 1 aromatic rings. The van der Waals surface area contributed by atoms with Crippen LogP contribution >= 0.6 is 0 Å². The zero-order valence-corrected chi connectivity index (χ0v) is 12.1. The molecule has 0 saturated carbocycles. The van der Waals surface area contributed by atoms with Crippen LogP contribution in [0.25, 0.3) is 0 Å². The maximum absolute atomic E-state index is 12.1. The zero-order valence-electron chi connectivity index (χ0n) is 12.1. The Kier molecular flexibility index (Phi) is 2.68. The molecular weight excluding hydrogens is 248 g/mol. The van der Waals surface area contributed by atoms with Gasteiger partial charge in [-0.25, -0.2) is 0 Å². The summed E-state index contributed by atoms with van der Waals surface area (Å²) in [4.78, 5) is 14.1. The highest BCUT2D eigenvalue weighted by Crippen LogP contribution is 2.54. The molecule has 2 heterocycles. The summed E-state index contributed by atoms with van der Waals surface area (Å²) < 4.78 is 0. The molecule has 3 heteroatoms. The number of rotatable bonds is 0. The molecule has 1 aromatic carbocycles. The molecule has 2 atom stereocenters. The van der Waals surface area contributed by atoms with Crippen LogP contribution in [0.5, 0.6) is 0 Å².